The molecule has 0 saturated carbocycles. The molecule has 0 aliphatic carbocycles. The average molecular weight is 212 g/mol. The molecule has 1 aromatic heterocycles. The van der Waals surface area contributed by atoms with Crippen molar-refractivity contribution in [1.82, 2.24) is 14.8 Å². The Morgan fingerprint density at radius 2 is 2.23 bits per heavy atom. The molecule has 13 heavy (non-hydrogen) atoms. The van der Waals surface area contributed by atoms with Gasteiger partial charge < -0.3 is 12.9 Å². The molecule has 4 nitrogen and oxygen atoms in total. The number of halogens is 3. The van der Waals surface area contributed by atoms with Crippen molar-refractivity contribution in [2.45, 2.75) is 5.16 Å². The third-order valence-electron chi connectivity index (χ3n) is 1.24. The highest BCUT2D eigenvalue weighted by Crippen LogP contribution is 2.20. The van der Waals surface area contributed by atoms with Crippen LogP contribution in [0.2, 0.25) is 0 Å². The van der Waals surface area contributed by atoms with Crippen LogP contribution in [-0.4, -0.2) is 27.4 Å². The number of aromatic amines is 1. The van der Waals surface area contributed by atoms with Crippen LogP contribution in [0.4, 0.5) is 12.9 Å². The zero-order valence-corrected chi connectivity index (χ0v) is 7.45. The normalized spacial score (nSPS) is 12.0. The minimum atomic E-state index is -4.84. The van der Waals surface area contributed by atoms with Gasteiger partial charge in [0, 0.05) is 7.05 Å². The van der Waals surface area contributed by atoms with Crippen LogP contribution in [0.1, 0.15) is 0 Å². The van der Waals surface area contributed by atoms with Crippen molar-refractivity contribution >= 4 is 18.7 Å². The van der Waals surface area contributed by atoms with E-state index in [2.05, 4.69) is 5.10 Å². The lowest BCUT2D eigenvalue weighted by Gasteiger charge is -2.11. The maximum Gasteiger partial charge on any atom is 0.488 e. The standard InChI is InChI=1S/C4H6BF3N3OS/c1-11-3(12)9-10-4(11)13-2-5(6,7)8/h2H2,1H3,(H,9,12)/q-1. The molecule has 1 N–H and O–H groups in total. The summed E-state index contributed by atoms with van der Waals surface area (Å²) in [7, 11) is 1.36. The number of hydrogen-bond acceptors (Lipinski definition) is 3. The van der Waals surface area contributed by atoms with E-state index in [1.165, 1.54) is 7.05 Å². The van der Waals surface area contributed by atoms with Gasteiger partial charge in [0.25, 0.3) is 0 Å². The molecule has 0 aliphatic heterocycles. The highest BCUT2D eigenvalue weighted by molar-refractivity contribution is 8.00. The summed E-state index contributed by atoms with van der Waals surface area (Å²) in [4.78, 5) is 10.7. The SMILES string of the molecule is Cn1c(SC[B-](F)(F)F)n[nH]c1=O. The van der Waals surface area contributed by atoms with Crippen LogP contribution >= 0.6 is 11.8 Å². The number of thioether (sulfide) groups is 1. The smallest absolute Gasteiger partial charge is 0.448 e. The van der Waals surface area contributed by atoms with Crippen LogP contribution in [0.3, 0.4) is 0 Å². The lowest BCUT2D eigenvalue weighted by atomic mass is 9.98. The van der Waals surface area contributed by atoms with Crippen LogP contribution in [0.25, 0.3) is 0 Å². The minimum absolute atomic E-state index is 0.0456. The molecule has 0 spiro atoms. The van der Waals surface area contributed by atoms with Crippen molar-refractivity contribution in [2.24, 2.45) is 7.05 Å². The highest BCUT2D eigenvalue weighted by Gasteiger charge is 2.24. The number of hydrogen-bond donors (Lipinski definition) is 1. The molecular formula is C4H6BF3N3OS-. The second-order valence-corrected chi connectivity index (χ2v) is 3.38. The summed E-state index contributed by atoms with van der Waals surface area (Å²) < 4.78 is 36.4. The first-order chi connectivity index (χ1) is 5.90. The van der Waals surface area contributed by atoms with E-state index in [1.807, 2.05) is 5.10 Å². The minimum Gasteiger partial charge on any atom is -0.448 e. The fraction of sp³-hybridized carbons (Fsp3) is 0.500. The molecule has 74 valence electrons. The van der Waals surface area contributed by atoms with Gasteiger partial charge in [-0.3, -0.25) is 4.57 Å². The van der Waals surface area contributed by atoms with Gasteiger partial charge in [-0.1, -0.05) is 0 Å². The van der Waals surface area contributed by atoms with Crippen LogP contribution in [-0.2, 0) is 7.05 Å². The summed E-state index contributed by atoms with van der Waals surface area (Å²) >= 11 is 0.498. The molecule has 1 rings (SSSR count). The van der Waals surface area contributed by atoms with Crippen LogP contribution in [0.5, 0.6) is 0 Å². The van der Waals surface area contributed by atoms with Gasteiger partial charge in [-0.05, 0) is 5.65 Å². The van der Waals surface area contributed by atoms with E-state index >= 15 is 0 Å². The summed E-state index contributed by atoms with van der Waals surface area (Å²) in [5, 5.41) is 5.51. The summed E-state index contributed by atoms with van der Waals surface area (Å²) in [6, 6.07) is 0. The molecule has 1 aromatic rings. The number of H-pyrrole nitrogens is 1. The first kappa shape index (κ1) is 10.2. The summed E-state index contributed by atoms with van der Waals surface area (Å²) in [6.45, 7) is -4.84. The van der Waals surface area contributed by atoms with E-state index in [9.17, 15) is 17.7 Å². The predicted octanol–water partition coefficient (Wildman–Crippen LogP) is 0.587. The van der Waals surface area contributed by atoms with Crippen molar-refractivity contribution in [2.75, 3.05) is 5.65 Å². The maximum atomic E-state index is 11.8. The maximum absolute atomic E-state index is 11.8. The van der Waals surface area contributed by atoms with Gasteiger partial charge >= 0.3 is 12.7 Å². The Hall–Kier alpha value is -0.855. The number of rotatable bonds is 3. The van der Waals surface area contributed by atoms with Gasteiger partial charge in [0.05, 0.1) is 0 Å². The van der Waals surface area contributed by atoms with Crippen molar-refractivity contribution in [3.8, 4) is 0 Å². The average Bonchev–Trinajstić information content (AvgIpc) is 2.29. The van der Waals surface area contributed by atoms with Crippen LogP contribution in [0.15, 0.2) is 9.95 Å². The van der Waals surface area contributed by atoms with Gasteiger partial charge in [0.15, 0.2) is 5.16 Å². The third kappa shape index (κ3) is 2.83. The van der Waals surface area contributed by atoms with Crippen molar-refractivity contribution in [1.29, 1.82) is 0 Å². The molecule has 1 heterocycles. The van der Waals surface area contributed by atoms with E-state index in [1.54, 1.807) is 0 Å². The molecule has 0 bridgehead atoms. The van der Waals surface area contributed by atoms with Gasteiger partial charge in [-0.15, -0.1) is 16.9 Å². The first-order valence-electron chi connectivity index (χ1n) is 3.35. The van der Waals surface area contributed by atoms with Gasteiger partial charge in [-0.2, -0.15) is 0 Å². The Morgan fingerprint density at radius 3 is 2.62 bits per heavy atom. The molecule has 0 aromatic carbocycles. The molecule has 0 radical (unpaired) electrons. The quantitative estimate of drug-likeness (QED) is 0.589. The molecule has 0 fully saturated rings. The highest BCUT2D eigenvalue weighted by atomic mass is 32.2. The molecule has 0 saturated heterocycles. The fourth-order valence-electron chi connectivity index (χ4n) is 0.631. The van der Waals surface area contributed by atoms with Crippen LogP contribution < -0.4 is 5.69 Å². The lowest BCUT2D eigenvalue weighted by molar-refractivity contribution is 0.485. The second-order valence-electron chi connectivity index (χ2n) is 2.39. The monoisotopic (exact) mass is 212 g/mol. The molecular weight excluding hydrogens is 206 g/mol. The molecule has 0 atom stereocenters. The summed E-state index contributed by atoms with van der Waals surface area (Å²) in [5.74, 6) is 0. The zero-order chi connectivity index (χ0) is 10.1. The fourth-order valence-corrected chi connectivity index (χ4v) is 1.36. The van der Waals surface area contributed by atoms with E-state index in [0.29, 0.717) is 11.8 Å². The van der Waals surface area contributed by atoms with E-state index in [4.69, 9.17) is 0 Å². The zero-order valence-electron chi connectivity index (χ0n) is 6.63. The molecule has 0 unspecified atom stereocenters. The van der Waals surface area contributed by atoms with Crippen molar-refractivity contribution < 1.29 is 12.9 Å². The lowest BCUT2D eigenvalue weighted by Crippen LogP contribution is -2.20. The Morgan fingerprint density at radius 1 is 1.62 bits per heavy atom. The predicted molar refractivity (Wildman–Crippen MR) is 43.6 cm³/mol. The second kappa shape index (κ2) is 3.48. The van der Waals surface area contributed by atoms with Gasteiger partial charge in [0.1, 0.15) is 0 Å². The van der Waals surface area contributed by atoms with E-state index in [0.717, 1.165) is 4.57 Å². The Labute approximate surface area is 75.6 Å². The number of nitrogens with zero attached hydrogens (tertiary/aromatic N) is 2. The molecule has 0 amide bonds. The Balaban J connectivity index is 2.66. The van der Waals surface area contributed by atoms with Gasteiger partial charge in [0.2, 0.25) is 0 Å². The third-order valence-corrected chi connectivity index (χ3v) is 2.41. The Kier molecular flexibility index (Phi) is 2.74. The number of aromatic nitrogens is 3. The molecule has 9 heteroatoms. The Bertz CT molecular complexity index is 345. The van der Waals surface area contributed by atoms with Crippen LogP contribution in [0, 0.1) is 0 Å². The van der Waals surface area contributed by atoms with Gasteiger partial charge in [-0.25, -0.2) is 9.89 Å². The van der Waals surface area contributed by atoms with Crippen molar-refractivity contribution in [3.05, 3.63) is 10.5 Å². The topological polar surface area (TPSA) is 50.7 Å². The van der Waals surface area contributed by atoms with E-state index in [-0.39, 0.29) is 5.16 Å². The first-order valence-corrected chi connectivity index (χ1v) is 4.34. The molecule has 0 aliphatic rings. The summed E-state index contributed by atoms with van der Waals surface area (Å²) in [6.07, 6.45) is 0. The largest absolute Gasteiger partial charge is 0.488 e. The van der Waals surface area contributed by atoms with Crippen molar-refractivity contribution in [3.63, 3.8) is 0 Å². The number of nitrogens with one attached hydrogen (secondary N) is 1. The summed E-state index contributed by atoms with van der Waals surface area (Å²) in [5.41, 5.74) is -1.50. The van der Waals surface area contributed by atoms with E-state index < -0.39 is 18.3 Å².